The zero-order valence-electron chi connectivity index (χ0n) is 12.9. The molecule has 0 bridgehead atoms. The summed E-state index contributed by atoms with van der Waals surface area (Å²) in [5, 5.41) is 0. The summed E-state index contributed by atoms with van der Waals surface area (Å²) in [5.41, 5.74) is 0. The molecule has 2 heteroatoms. The maximum absolute atomic E-state index is 11.4. The van der Waals surface area contributed by atoms with Crippen molar-refractivity contribution in [2.45, 2.75) is 65.2 Å². The van der Waals surface area contributed by atoms with Crippen molar-refractivity contribution in [2.75, 3.05) is 0 Å². The van der Waals surface area contributed by atoms with Crippen LogP contribution >= 0.6 is 0 Å². The number of carbonyl (C=O) groups excluding carboxylic acids is 2. The van der Waals surface area contributed by atoms with E-state index in [9.17, 15) is 9.59 Å². The number of carbonyl (C=O) groups is 2. The molecule has 0 atom stereocenters. The molecule has 20 heavy (non-hydrogen) atoms. The van der Waals surface area contributed by atoms with Gasteiger partial charge in [0, 0.05) is 11.8 Å². The molecule has 112 valence electrons. The van der Waals surface area contributed by atoms with Crippen molar-refractivity contribution in [1.29, 1.82) is 0 Å². The summed E-state index contributed by atoms with van der Waals surface area (Å²) in [5.74, 6) is 2.74. The van der Waals surface area contributed by atoms with E-state index >= 15 is 0 Å². The van der Waals surface area contributed by atoms with Crippen LogP contribution in [0, 0.1) is 23.7 Å². The van der Waals surface area contributed by atoms with Crippen LogP contribution in [0.1, 0.15) is 65.2 Å². The van der Waals surface area contributed by atoms with Gasteiger partial charge >= 0.3 is 0 Å². The van der Waals surface area contributed by atoms with Gasteiger partial charge < -0.3 is 0 Å². The summed E-state index contributed by atoms with van der Waals surface area (Å²) in [6.07, 6.45) is 13.8. The predicted octanol–water partition coefficient (Wildman–Crippen LogP) is 4.33. The van der Waals surface area contributed by atoms with E-state index in [4.69, 9.17) is 0 Å². The summed E-state index contributed by atoms with van der Waals surface area (Å²) in [6, 6.07) is 0. The molecule has 0 amide bonds. The average Bonchev–Trinajstić information content (AvgIpc) is 2.46. The van der Waals surface area contributed by atoms with Gasteiger partial charge in [-0.05, 0) is 77.0 Å². The lowest BCUT2D eigenvalue weighted by molar-refractivity contribution is -0.122. The van der Waals surface area contributed by atoms with Crippen LogP contribution in [0.5, 0.6) is 0 Å². The Kier molecular flexibility index (Phi) is 5.56. The summed E-state index contributed by atoms with van der Waals surface area (Å²) in [7, 11) is 0. The SMILES string of the molecule is CC(=O)C1CCC(/C=C/C2CCC(C(C)=O)CC2)CC1. The van der Waals surface area contributed by atoms with Crippen molar-refractivity contribution in [3.63, 3.8) is 0 Å². The van der Waals surface area contributed by atoms with Crippen LogP contribution in [0.25, 0.3) is 0 Å². The maximum atomic E-state index is 11.4. The Balaban J connectivity index is 1.72. The maximum Gasteiger partial charge on any atom is 0.132 e. The largest absolute Gasteiger partial charge is 0.300 e. The second kappa shape index (κ2) is 7.19. The van der Waals surface area contributed by atoms with Gasteiger partial charge in [0.05, 0.1) is 0 Å². The number of rotatable bonds is 4. The molecule has 0 aromatic rings. The lowest BCUT2D eigenvalue weighted by Crippen LogP contribution is -2.20. The molecule has 0 N–H and O–H groups in total. The molecule has 2 saturated carbocycles. The number of ketones is 2. The van der Waals surface area contributed by atoms with E-state index in [2.05, 4.69) is 12.2 Å². The van der Waals surface area contributed by atoms with Gasteiger partial charge in [-0.15, -0.1) is 0 Å². The average molecular weight is 276 g/mol. The fourth-order valence-corrected chi connectivity index (χ4v) is 3.75. The van der Waals surface area contributed by atoms with E-state index in [0.717, 1.165) is 25.7 Å². The first-order valence-electron chi connectivity index (χ1n) is 8.25. The fraction of sp³-hybridized carbons (Fsp3) is 0.778. The van der Waals surface area contributed by atoms with E-state index in [1.165, 1.54) is 25.7 Å². The number of hydrogen-bond donors (Lipinski definition) is 0. The number of hydrogen-bond acceptors (Lipinski definition) is 2. The smallest absolute Gasteiger partial charge is 0.132 e. The van der Waals surface area contributed by atoms with Crippen LogP contribution in [0.15, 0.2) is 12.2 Å². The minimum atomic E-state index is 0.325. The quantitative estimate of drug-likeness (QED) is 0.716. The Morgan fingerprint density at radius 2 is 0.950 bits per heavy atom. The van der Waals surface area contributed by atoms with Gasteiger partial charge in [-0.2, -0.15) is 0 Å². The van der Waals surface area contributed by atoms with Crippen molar-refractivity contribution in [3.8, 4) is 0 Å². The molecule has 2 rings (SSSR count). The number of Topliss-reactive ketones (excluding diaryl/α,β-unsaturated/α-hetero) is 2. The highest BCUT2D eigenvalue weighted by atomic mass is 16.1. The molecule has 0 spiro atoms. The molecule has 0 aliphatic heterocycles. The van der Waals surface area contributed by atoms with Gasteiger partial charge in [-0.1, -0.05) is 12.2 Å². The number of allylic oxidation sites excluding steroid dienone is 2. The first-order chi connectivity index (χ1) is 9.56. The van der Waals surface area contributed by atoms with Crippen molar-refractivity contribution in [1.82, 2.24) is 0 Å². The molecule has 2 aliphatic carbocycles. The van der Waals surface area contributed by atoms with Crippen LogP contribution in [-0.2, 0) is 9.59 Å². The van der Waals surface area contributed by atoms with Crippen LogP contribution in [0.3, 0.4) is 0 Å². The first kappa shape index (κ1) is 15.5. The van der Waals surface area contributed by atoms with Gasteiger partial charge in [-0.3, -0.25) is 9.59 Å². The standard InChI is InChI=1S/C18H28O2/c1-13(19)17-9-5-15(6-10-17)3-4-16-7-11-18(12-8-16)14(2)20/h3-4,15-18H,5-12H2,1-2H3/b4-3+. The molecule has 0 radical (unpaired) electrons. The van der Waals surface area contributed by atoms with Crippen LogP contribution in [0.2, 0.25) is 0 Å². The molecule has 0 heterocycles. The first-order valence-corrected chi connectivity index (χ1v) is 8.25. The van der Waals surface area contributed by atoms with Gasteiger partial charge in [-0.25, -0.2) is 0 Å². The summed E-state index contributed by atoms with van der Waals surface area (Å²) < 4.78 is 0. The van der Waals surface area contributed by atoms with Crippen LogP contribution in [-0.4, -0.2) is 11.6 Å². The van der Waals surface area contributed by atoms with Crippen molar-refractivity contribution in [3.05, 3.63) is 12.2 Å². The lowest BCUT2D eigenvalue weighted by atomic mass is 9.78. The summed E-state index contributed by atoms with van der Waals surface area (Å²) >= 11 is 0. The topological polar surface area (TPSA) is 34.1 Å². The minimum Gasteiger partial charge on any atom is -0.300 e. The van der Waals surface area contributed by atoms with Gasteiger partial charge in [0.25, 0.3) is 0 Å². The van der Waals surface area contributed by atoms with E-state index in [1.807, 2.05) is 0 Å². The molecule has 2 nitrogen and oxygen atoms in total. The molecule has 2 fully saturated rings. The van der Waals surface area contributed by atoms with Crippen molar-refractivity contribution < 1.29 is 9.59 Å². The van der Waals surface area contributed by atoms with Crippen LogP contribution in [0.4, 0.5) is 0 Å². The third-order valence-electron chi connectivity index (χ3n) is 5.35. The van der Waals surface area contributed by atoms with Crippen LogP contribution < -0.4 is 0 Å². The zero-order chi connectivity index (χ0) is 14.5. The molecule has 0 unspecified atom stereocenters. The highest BCUT2D eigenvalue weighted by Crippen LogP contribution is 2.33. The highest BCUT2D eigenvalue weighted by molar-refractivity contribution is 5.78. The Morgan fingerprint density at radius 3 is 1.20 bits per heavy atom. The van der Waals surface area contributed by atoms with E-state index in [1.54, 1.807) is 13.8 Å². The van der Waals surface area contributed by atoms with E-state index in [0.29, 0.717) is 35.2 Å². The molecular formula is C18H28O2. The fourth-order valence-electron chi connectivity index (χ4n) is 3.75. The summed E-state index contributed by atoms with van der Waals surface area (Å²) in [6.45, 7) is 3.46. The third kappa shape index (κ3) is 4.29. The Bertz CT molecular complexity index is 331. The highest BCUT2D eigenvalue weighted by Gasteiger charge is 2.24. The van der Waals surface area contributed by atoms with Gasteiger partial charge in [0.15, 0.2) is 0 Å². The second-order valence-electron chi connectivity index (χ2n) is 6.83. The predicted molar refractivity (Wildman–Crippen MR) is 81.4 cm³/mol. The Hall–Kier alpha value is -0.920. The molecule has 0 aromatic heterocycles. The second-order valence-corrected chi connectivity index (χ2v) is 6.83. The monoisotopic (exact) mass is 276 g/mol. The van der Waals surface area contributed by atoms with Crippen molar-refractivity contribution >= 4 is 11.6 Å². The Morgan fingerprint density at radius 1 is 0.650 bits per heavy atom. The normalized spacial score (nSPS) is 35.1. The van der Waals surface area contributed by atoms with Gasteiger partial charge in [0.1, 0.15) is 11.6 Å². The molecule has 2 aliphatic rings. The van der Waals surface area contributed by atoms with Gasteiger partial charge in [0.2, 0.25) is 0 Å². The molecule has 0 aromatic carbocycles. The van der Waals surface area contributed by atoms with E-state index < -0.39 is 0 Å². The molecular weight excluding hydrogens is 248 g/mol. The van der Waals surface area contributed by atoms with E-state index in [-0.39, 0.29) is 0 Å². The zero-order valence-corrected chi connectivity index (χ0v) is 12.9. The third-order valence-corrected chi connectivity index (χ3v) is 5.35. The lowest BCUT2D eigenvalue weighted by Gasteiger charge is -2.27. The molecule has 0 saturated heterocycles. The Labute approximate surface area is 123 Å². The summed E-state index contributed by atoms with van der Waals surface area (Å²) in [4.78, 5) is 22.7. The van der Waals surface area contributed by atoms with Crippen molar-refractivity contribution in [2.24, 2.45) is 23.7 Å². The minimum absolute atomic E-state index is 0.325.